The molecule has 2 aromatic heterocycles. The molecule has 0 atom stereocenters. The van der Waals surface area contributed by atoms with Crippen LogP contribution in [-0.2, 0) is 6.54 Å². The SMILES string of the molecule is CC(C)COc1ncnc(NCc2cccnc2)c1[N+](=O)[O-]. The van der Waals surface area contributed by atoms with E-state index in [1.807, 2.05) is 19.9 Å². The topological polar surface area (TPSA) is 103 Å². The fourth-order valence-corrected chi connectivity index (χ4v) is 1.70. The van der Waals surface area contributed by atoms with Crippen molar-refractivity contribution in [3.63, 3.8) is 0 Å². The van der Waals surface area contributed by atoms with Gasteiger partial charge in [0.15, 0.2) is 0 Å². The molecule has 0 aliphatic rings. The lowest BCUT2D eigenvalue weighted by Crippen LogP contribution is -2.11. The van der Waals surface area contributed by atoms with Crippen LogP contribution in [-0.4, -0.2) is 26.5 Å². The number of pyridine rings is 1. The first-order valence-corrected chi connectivity index (χ1v) is 6.83. The summed E-state index contributed by atoms with van der Waals surface area (Å²) >= 11 is 0. The second-order valence-electron chi connectivity index (χ2n) is 5.05. The number of nitrogens with zero attached hydrogens (tertiary/aromatic N) is 4. The molecule has 8 heteroatoms. The Hall–Kier alpha value is -2.77. The van der Waals surface area contributed by atoms with Gasteiger partial charge in [-0.05, 0) is 17.5 Å². The molecule has 0 unspecified atom stereocenters. The predicted octanol–water partition coefficient (Wildman–Crippen LogP) is 2.43. The Balaban J connectivity index is 2.19. The van der Waals surface area contributed by atoms with Crippen molar-refractivity contribution in [1.29, 1.82) is 0 Å². The quantitative estimate of drug-likeness (QED) is 0.618. The van der Waals surface area contributed by atoms with Crippen molar-refractivity contribution in [3.05, 3.63) is 46.5 Å². The molecule has 2 aromatic rings. The molecule has 0 radical (unpaired) electrons. The summed E-state index contributed by atoms with van der Waals surface area (Å²) < 4.78 is 5.41. The molecule has 0 aromatic carbocycles. The van der Waals surface area contributed by atoms with E-state index in [9.17, 15) is 10.1 Å². The fourth-order valence-electron chi connectivity index (χ4n) is 1.70. The van der Waals surface area contributed by atoms with Crippen LogP contribution < -0.4 is 10.1 Å². The zero-order valence-corrected chi connectivity index (χ0v) is 12.4. The van der Waals surface area contributed by atoms with E-state index in [0.29, 0.717) is 13.2 Å². The Kier molecular flexibility index (Phi) is 5.18. The second kappa shape index (κ2) is 7.30. The average Bonchev–Trinajstić information content (AvgIpc) is 2.51. The van der Waals surface area contributed by atoms with E-state index < -0.39 is 4.92 Å². The van der Waals surface area contributed by atoms with Crippen molar-refractivity contribution in [3.8, 4) is 5.88 Å². The summed E-state index contributed by atoms with van der Waals surface area (Å²) in [6, 6.07) is 3.66. The van der Waals surface area contributed by atoms with Crippen LogP contribution in [0.1, 0.15) is 19.4 Å². The molecule has 116 valence electrons. The second-order valence-corrected chi connectivity index (χ2v) is 5.05. The van der Waals surface area contributed by atoms with Gasteiger partial charge in [-0.2, -0.15) is 4.98 Å². The summed E-state index contributed by atoms with van der Waals surface area (Å²) in [5, 5.41) is 14.2. The molecular weight excluding hydrogens is 286 g/mol. The Labute approximate surface area is 127 Å². The summed E-state index contributed by atoms with van der Waals surface area (Å²) in [5.41, 5.74) is 0.632. The van der Waals surface area contributed by atoms with Gasteiger partial charge in [-0.25, -0.2) is 4.98 Å². The maximum absolute atomic E-state index is 11.3. The van der Waals surface area contributed by atoms with Gasteiger partial charge in [-0.3, -0.25) is 15.1 Å². The van der Waals surface area contributed by atoms with Crippen LogP contribution in [0.25, 0.3) is 0 Å². The minimum absolute atomic E-state index is 0.0256. The third kappa shape index (κ3) is 4.11. The predicted molar refractivity (Wildman–Crippen MR) is 80.6 cm³/mol. The number of rotatable bonds is 7. The molecule has 0 aliphatic heterocycles. The van der Waals surface area contributed by atoms with E-state index in [1.54, 1.807) is 18.5 Å². The number of nitrogens with one attached hydrogen (secondary N) is 1. The lowest BCUT2D eigenvalue weighted by molar-refractivity contribution is -0.385. The molecular formula is C14H17N5O3. The van der Waals surface area contributed by atoms with Gasteiger partial charge in [0.05, 0.1) is 11.5 Å². The number of hydrogen-bond acceptors (Lipinski definition) is 7. The zero-order valence-electron chi connectivity index (χ0n) is 12.4. The van der Waals surface area contributed by atoms with Crippen LogP contribution in [0.15, 0.2) is 30.9 Å². The van der Waals surface area contributed by atoms with Crippen LogP contribution in [0.5, 0.6) is 5.88 Å². The minimum Gasteiger partial charge on any atom is -0.472 e. The standard InChI is InChI=1S/C14H17N5O3/c1-10(2)8-22-14-12(19(20)21)13(17-9-18-14)16-7-11-4-3-5-15-6-11/h3-6,9-10H,7-8H2,1-2H3,(H,16,17,18). The van der Waals surface area contributed by atoms with Gasteiger partial charge in [0.2, 0.25) is 5.82 Å². The number of nitro groups is 1. The molecule has 0 bridgehead atoms. The van der Waals surface area contributed by atoms with E-state index in [4.69, 9.17) is 4.74 Å². The highest BCUT2D eigenvalue weighted by Crippen LogP contribution is 2.31. The third-order valence-electron chi connectivity index (χ3n) is 2.71. The Morgan fingerprint density at radius 1 is 1.41 bits per heavy atom. The number of aromatic nitrogens is 3. The van der Waals surface area contributed by atoms with Gasteiger partial charge in [0.1, 0.15) is 6.33 Å². The van der Waals surface area contributed by atoms with E-state index >= 15 is 0 Å². The van der Waals surface area contributed by atoms with Crippen LogP contribution in [0.4, 0.5) is 11.5 Å². The van der Waals surface area contributed by atoms with E-state index in [-0.39, 0.29) is 23.3 Å². The Morgan fingerprint density at radius 2 is 2.23 bits per heavy atom. The molecule has 2 heterocycles. The molecule has 22 heavy (non-hydrogen) atoms. The summed E-state index contributed by atoms with van der Waals surface area (Å²) in [7, 11) is 0. The first-order chi connectivity index (χ1) is 10.6. The normalized spacial score (nSPS) is 10.5. The highest BCUT2D eigenvalue weighted by atomic mass is 16.6. The van der Waals surface area contributed by atoms with Gasteiger partial charge in [-0.1, -0.05) is 19.9 Å². The first-order valence-electron chi connectivity index (χ1n) is 6.83. The molecule has 0 spiro atoms. The smallest absolute Gasteiger partial charge is 0.372 e. The van der Waals surface area contributed by atoms with Crippen LogP contribution >= 0.6 is 0 Å². The van der Waals surface area contributed by atoms with Crippen molar-refractivity contribution in [2.45, 2.75) is 20.4 Å². The van der Waals surface area contributed by atoms with Gasteiger partial charge in [-0.15, -0.1) is 0 Å². The van der Waals surface area contributed by atoms with E-state index in [1.165, 1.54) is 6.33 Å². The largest absolute Gasteiger partial charge is 0.472 e. The molecule has 8 nitrogen and oxygen atoms in total. The van der Waals surface area contributed by atoms with Gasteiger partial charge in [0, 0.05) is 18.9 Å². The zero-order chi connectivity index (χ0) is 15.9. The lowest BCUT2D eigenvalue weighted by Gasteiger charge is -2.10. The van der Waals surface area contributed by atoms with Crippen molar-refractivity contribution >= 4 is 11.5 Å². The monoisotopic (exact) mass is 303 g/mol. The van der Waals surface area contributed by atoms with Gasteiger partial charge in [0.25, 0.3) is 5.88 Å². The van der Waals surface area contributed by atoms with Crippen LogP contribution in [0.2, 0.25) is 0 Å². The number of ether oxygens (including phenoxy) is 1. The van der Waals surface area contributed by atoms with Crippen molar-refractivity contribution in [2.75, 3.05) is 11.9 Å². The van der Waals surface area contributed by atoms with E-state index in [0.717, 1.165) is 5.56 Å². The van der Waals surface area contributed by atoms with Crippen molar-refractivity contribution < 1.29 is 9.66 Å². The first kappa shape index (κ1) is 15.6. The molecule has 0 saturated carbocycles. The molecule has 0 saturated heterocycles. The van der Waals surface area contributed by atoms with Gasteiger partial charge < -0.3 is 10.1 Å². The maximum atomic E-state index is 11.3. The van der Waals surface area contributed by atoms with Crippen molar-refractivity contribution in [2.24, 2.45) is 5.92 Å². The molecule has 0 fully saturated rings. The van der Waals surface area contributed by atoms with Crippen molar-refractivity contribution in [1.82, 2.24) is 15.0 Å². The molecule has 0 amide bonds. The number of anilines is 1. The van der Waals surface area contributed by atoms with Gasteiger partial charge >= 0.3 is 5.69 Å². The Morgan fingerprint density at radius 3 is 2.86 bits per heavy atom. The summed E-state index contributed by atoms with van der Waals surface area (Å²) in [6.45, 7) is 4.62. The molecule has 2 rings (SSSR count). The number of hydrogen-bond donors (Lipinski definition) is 1. The fraction of sp³-hybridized carbons (Fsp3) is 0.357. The average molecular weight is 303 g/mol. The maximum Gasteiger partial charge on any atom is 0.372 e. The summed E-state index contributed by atoms with van der Waals surface area (Å²) in [5.74, 6) is 0.339. The van der Waals surface area contributed by atoms with Crippen LogP contribution in [0, 0.1) is 16.0 Å². The summed E-state index contributed by atoms with van der Waals surface area (Å²) in [6.07, 6.45) is 4.58. The molecule has 0 aliphatic carbocycles. The highest BCUT2D eigenvalue weighted by molar-refractivity contribution is 5.61. The van der Waals surface area contributed by atoms with E-state index in [2.05, 4.69) is 20.3 Å². The third-order valence-corrected chi connectivity index (χ3v) is 2.71. The van der Waals surface area contributed by atoms with Crippen LogP contribution in [0.3, 0.4) is 0 Å². The summed E-state index contributed by atoms with van der Waals surface area (Å²) in [4.78, 5) is 22.5. The minimum atomic E-state index is -0.540. The highest BCUT2D eigenvalue weighted by Gasteiger charge is 2.24. The Bertz CT molecular complexity index is 634. The lowest BCUT2D eigenvalue weighted by atomic mass is 10.2. The molecule has 1 N–H and O–H groups in total.